The van der Waals surface area contributed by atoms with Gasteiger partial charge in [-0.05, 0) is 74.2 Å². The molecule has 8 heteroatoms. The summed E-state index contributed by atoms with van der Waals surface area (Å²) in [6.07, 6.45) is 5.93. The average molecular weight is 523 g/mol. The van der Waals surface area contributed by atoms with E-state index in [2.05, 4.69) is 6.92 Å². The van der Waals surface area contributed by atoms with Crippen LogP contribution in [0.4, 0.5) is 0 Å². The van der Waals surface area contributed by atoms with Crippen LogP contribution in [0.2, 0.25) is 0 Å². The largest absolute Gasteiger partial charge is 0.494 e. The molecule has 2 amide bonds. The normalized spacial score (nSPS) is 18.6. The molecule has 1 aromatic heterocycles. The van der Waals surface area contributed by atoms with E-state index in [-0.39, 0.29) is 18.2 Å². The van der Waals surface area contributed by atoms with E-state index in [0.29, 0.717) is 35.6 Å². The van der Waals surface area contributed by atoms with Crippen molar-refractivity contribution < 1.29 is 19.1 Å². The fourth-order valence-corrected chi connectivity index (χ4v) is 4.80. The van der Waals surface area contributed by atoms with Gasteiger partial charge in [0.1, 0.15) is 17.4 Å². The SMILES string of the molecule is CCCOc1ccc(-c2nn(-c3ccccc3)cc2/C=C2/C(=O)N(CC3CCCO3)C(=O)C(C#N)=C2C)cc1. The van der Waals surface area contributed by atoms with Crippen LogP contribution in [-0.2, 0) is 14.3 Å². The molecule has 3 heterocycles. The van der Waals surface area contributed by atoms with E-state index in [1.165, 1.54) is 0 Å². The lowest BCUT2D eigenvalue weighted by Gasteiger charge is -2.29. The molecule has 0 spiro atoms. The van der Waals surface area contributed by atoms with Crippen LogP contribution in [0.15, 0.2) is 77.5 Å². The Morgan fingerprint density at radius 3 is 2.56 bits per heavy atom. The maximum Gasteiger partial charge on any atom is 0.271 e. The Bertz CT molecular complexity index is 1470. The Kier molecular flexibility index (Phi) is 7.71. The van der Waals surface area contributed by atoms with Crippen molar-refractivity contribution in [2.75, 3.05) is 19.8 Å². The number of carbonyl (C=O) groups excluding carboxylic acids is 2. The van der Waals surface area contributed by atoms with Gasteiger partial charge in [0.15, 0.2) is 0 Å². The molecule has 2 aromatic carbocycles. The van der Waals surface area contributed by atoms with Gasteiger partial charge >= 0.3 is 0 Å². The van der Waals surface area contributed by atoms with Crippen molar-refractivity contribution in [1.82, 2.24) is 14.7 Å². The molecule has 0 N–H and O–H groups in total. The highest BCUT2D eigenvalue weighted by Crippen LogP contribution is 2.32. The second kappa shape index (κ2) is 11.5. The van der Waals surface area contributed by atoms with E-state index in [1.807, 2.05) is 66.9 Å². The second-order valence-corrected chi connectivity index (χ2v) is 9.61. The van der Waals surface area contributed by atoms with Crippen LogP contribution in [0.25, 0.3) is 23.0 Å². The second-order valence-electron chi connectivity index (χ2n) is 9.61. The quantitative estimate of drug-likeness (QED) is 0.302. The van der Waals surface area contributed by atoms with Gasteiger partial charge in [0.05, 0.1) is 30.6 Å². The first kappa shape index (κ1) is 26.1. The molecule has 1 unspecified atom stereocenters. The summed E-state index contributed by atoms with van der Waals surface area (Å²) in [5.41, 5.74) is 3.68. The Balaban J connectivity index is 1.59. The number of hydrogen-bond acceptors (Lipinski definition) is 6. The fraction of sp³-hybridized carbons (Fsp3) is 0.290. The van der Waals surface area contributed by atoms with Gasteiger partial charge in [-0.2, -0.15) is 10.4 Å². The average Bonchev–Trinajstić information content (AvgIpc) is 3.64. The number of aromatic nitrogens is 2. The van der Waals surface area contributed by atoms with Gasteiger partial charge in [-0.15, -0.1) is 0 Å². The highest BCUT2D eigenvalue weighted by atomic mass is 16.5. The summed E-state index contributed by atoms with van der Waals surface area (Å²) in [6, 6.07) is 19.4. The fourth-order valence-electron chi connectivity index (χ4n) is 4.80. The zero-order valence-corrected chi connectivity index (χ0v) is 22.1. The molecule has 39 heavy (non-hydrogen) atoms. The van der Waals surface area contributed by atoms with Gasteiger partial charge in [-0.25, -0.2) is 4.68 Å². The highest BCUT2D eigenvalue weighted by molar-refractivity contribution is 6.19. The van der Waals surface area contributed by atoms with E-state index in [0.717, 1.165) is 41.2 Å². The van der Waals surface area contributed by atoms with Crippen LogP contribution in [0, 0.1) is 11.3 Å². The molecule has 1 saturated heterocycles. The van der Waals surface area contributed by atoms with Crippen LogP contribution in [-0.4, -0.2) is 52.4 Å². The number of nitriles is 1. The van der Waals surface area contributed by atoms with Crippen LogP contribution in [0.5, 0.6) is 5.75 Å². The summed E-state index contributed by atoms with van der Waals surface area (Å²) >= 11 is 0. The van der Waals surface area contributed by atoms with Gasteiger partial charge in [0.2, 0.25) is 0 Å². The van der Waals surface area contributed by atoms with Gasteiger partial charge in [0, 0.05) is 29.5 Å². The van der Waals surface area contributed by atoms with Crippen molar-refractivity contribution in [2.24, 2.45) is 0 Å². The molecule has 198 valence electrons. The number of carbonyl (C=O) groups is 2. The predicted molar refractivity (Wildman–Crippen MR) is 147 cm³/mol. The lowest BCUT2D eigenvalue weighted by Crippen LogP contribution is -2.46. The number of rotatable bonds is 8. The van der Waals surface area contributed by atoms with Crippen LogP contribution in [0.1, 0.15) is 38.7 Å². The highest BCUT2D eigenvalue weighted by Gasteiger charge is 2.37. The molecule has 0 radical (unpaired) electrons. The van der Waals surface area contributed by atoms with E-state index in [9.17, 15) is 14.9 Å². The minimum atomic E-state index is -0.574. The summed E-state index contributed by atoms with van der Waals surface area (Å²) in [5.74, 6) is -0.240. The zero-order valence-electron chi connectivity index (χ0n) is 22.1. The molecule has 2 aliphatic heterocycles. The van der Waals surface area contributed by atoms with Crippen molar-refractivity contribution in [3.05, 3.63) is 83.1 Å². The number of ether oxygens (including phenoxy) is 2. The maximum atomic E-state index is 13.7. The Labute approximate surface area is 227 Å². The van der Waals surface area contributed by atoms with Crippen molar-refractivity contribution >= 4 is 17.9 Å². The van der Waals surface area contributed by atoms with E-state index >= 15 is 0 Å². The summed E-state index contributed by atoms with van der Waals surface area (Å²) in [7, 11) is 0. The van der Waals surface area contributed by atoms with Gasteiger partial charge in [-0.3, -0.25) is 14.5 Å². The Morgan fingerprint density at radius 1 is 1.13 bits per heavy atom. The molecule has 0 aliphatic carbocycles. The van der Waals surface area contributed by atoms with Crippen molar-refractivity contribution in [3.8, 4) is 28.8 Å². The first-order valence-corrected chi connectivity index (χ1v) is 13.2. The molecule has 1 fully saturated rings. The lowest BCUT2D eigenvalue weighted by atomic mass is 9.93. The van der Waals surface area contributed by atoms with Crippen molar-refractivity contribution in [3.63, 3.8) is 0 Å². The van der Waals surface area contributed by atoms with Gasteiger partial charge in [-0.1, -0.05) is 25.1 Å². The molecule has 3 aromatic rings. The van der Waals surface area contributed by atoms with Crippen molar-refractivity contribution in [2.45, 2.75) is 39.2 Å². The third kappa shape index (κ3) is 5.40. The van der Waals surface area contributed by atoms with Crippen LogP contribution in [0.3, 0.4) is 0 Å². The molecular weight excluding hydrogens is 492 g/mol. The minimum absolute atomic E-state index is 0.0340. The number of amides is 2. The number of hydrogen-bond donors (Lipinski definition) is 0. The van der Waals surface area contributed by atoms with E-state index in [4.69, 9.17) is 14.6 Å². The topological polar surface area (TPSA) is 97.4 Å². The van der Waals surface area contributed by atoms with E-state index in [1.54, 1.807) is 17.7 Å². The van der Waals surface area contributed by atoms with Crippen LogP contribution < -0.4 is 4.74 Å². The molecule has 2 aliphatic rings. The molecule has 0 saturated carbocycles. The molecular formula is C31H30N4O4. The number of nitrogens with zero attached hydrogens (tertiary/aromatic N) is 4. The molecule has 0 bridgehead atoms. The van der Waals surface area contributed by atoms with Gasteiger partial charge in [0.25, 0.3) is 11.8 Å². The minimum Gasteiger partial charge on any atom is -0.494 e. The first-order chi connectivity index (χ1) is 19.0. The third-order valence-electron chi connectivity index (χ3n) is 6.90. The van der Waals surface area contributed by atoms with Gasteiger partial charge < -0.3 is 9.47 Å². The lowest BCUT2D eigenvalue weighted by molar-refractivity contribution is -0.142. The molecule has 8 nitrogen and oxygen atoms in total. The number of para-hydroxylation sites is 1. The number of benzene rings is 2. The maximum absolute atomic E-state index is 13.7. The number of imide groups is 1. The molecule has 1 atom stereocenters. The zero-order chi connectivity index (χ0) is 27.4. The summed E-state index contributed by atoms with van der Waals surface area (Å²) in [6.45, 7) is 5.07. The smallest absolute Gasteiger partial charge is 0.271 e. The standard InChI is InChI=1S/C31H30N4O4/c1-3-15-38-25-13-11-22(12-14-25)29-23(19-35(33-29)24-8-5-4-6-9-24)17-27-21(2)28(18-32)31(37)34(30(27)36)20-26-10-7-16-39-26/h4-6,8-9,11-14,17,19,26H,3,7,10,15-16,20H2,1-2H3/b27-17+. The Morgan fingerprint density at radius 2 is 1.90 bits per heavy atom. The Hall–Kier alpha value is -4.48. The monoisotopic (exact) mass is 522 g/mol. The predicted octanol–water partition coefficient (Wildman–Crippen LogP) is 5.10. The van der Waals surface area contributed by atoms with E-state index < -0.39 is 11.8 Å². The van der Waals surface area contributed by atoms with Crippen molar-refractivity contribution in [1.29, 1.82) is 5.26 Å². The molecule has 5 rings (SSSR count). The third-order valence-corrected chi connectivity index (χ3v) is 6.90. The first-order valence-electron chi connectivity index (χ1n) is 13.2. The summed E-state index contributed by atoms with van der Waals surface area (Å²) in [5, 5.41) is 14.7. The summed E-state index contributed by atoms with van der Waals surface area (Å²) < 4.78 is 13.2. The summed E-state index contributed by atoms with van der Waals surface area (Å²) in [4.78, 5) is 27.9. The van der Waals surface area contributed by atoms with Crippen LogP contribution >= 0.6 is 0 Å².